The van der Waals surface area contributed by atoms with Gasteiger partial charge in [0.05, 0.1) is 11.0 Å². The van der Waals surface area contributed by atoms with Crippen LogP contribution in [-0.4, -0.2) is 16.1 Å². The van der Waals surface area contributed by atoms with Crippen LogP contribution < -0.4 is 5.73 Å². The van der Waals surface area contributed by atoms with Gasteiger partial charge in [-0.1, -0.05) is 12.1 Å². The number of aromatic nitrogens is 2. The van der Waals surface area contributed by atoms with Gasteiger partial charge in [0.1, 0.15) is 5.82 Å². The fraction of sp³-hybridized carbons (Fsp3) is 0.364. The summed E-state index contributed by atoms with van der Waals surface area (Å²) >= 11 is 0. The normalized spacial score (nSPS) is 10.3. The lowest BCUT2D eigenvalue weighted by Crippen LogP contribution is -2.04. The highest BCUT2D eigenvalue weighted by molar-refractivity contribution is 5.85. The summed E-state index contributed by atoms with van der Waals surface area (Å²) in [6, 6.07) is 8.19. The first-order valence-corrected chi connectivity index (χ1v) is 4.93. The van der Waals surface area contributed by atoms with Crippen LogP contribution in [0.15, 0.2) is 24.3 Å². The van der Waals surface area contributed by atoms with E-state index >= 15 is 0 Å². The summed E-state index contributed by atoms with van der Waals surface area (Å²) in [6.45, 7) is 0.725. The molecule has 1 heterocycles. The topological polar surface area (TPSA) is 43.8 Å². The second-order valence-electron chi connectivity index (χ2n) is 3.47. The molecule has 2 rings (SSSR count). The minimum atomic E-state index is 0. The van der Waals surface area contributed by atoms with Crippen LogP contribution in [-0.2, 0) is 13.5 Å². The zero-order chi connectivity index (χ0) is 9.97. The zero-order valence-electron chi connectivity index (χ0n) is 8.81. The van der Waals surface area contributed by atoms with Crippen molar-refractivity contribution >= 4 is 23.4 Å². The van der Waals surface area contributed by atoms with E-state index in [1.165, 1.54) is 5.52 Å². The average molecular weight is 226 g/mol. The van der Waals surface area contributed by atoms with Gasteiger partial charge in [0, 0.05) is 13.5 Å². The van der Waals surface area contributed by atoms with E-state index in [4.69, 9.17) is 5.73 Å². The van der Waals surface area contributed by atoms with Crippen molar-refractivity contribution in [3.63, 3.8) is 0 Å². The van der Waals surface area contributed by atoms with Gasteiger partial charge in [0.25, 0.3) is 0 Å². The molecule has 0 fully saturated rings. The number of benzene rings is 1. The Hall–Kier alpha value is -1.06. The predicted molar refractivity (Wildman–Crippen MR) is 65.3 cm³/mol. The molecule has 0 saturated carbocycles. The summed E-state index contributed by atoms with van der Waals surface area (Å²) in [7, 11) is 2.06. The van der Waals surface area contributed by atoms with E-state index in [-0.39, 0.29) is 12.4 Å². The standard InChI is InChI=1S/C11H15N3.ClH/c1-14-10-6-3-2-5-9(10)13-11(14)7-4-8-12;/h2-3,5-6H,4,7-8,12H2,1H3;1H. The summed E-state index contributed by atoms with van der Waals surface area (Å²) in [5.74, 6) is 1.12. The maximum absolute atomic E-state index is 5.48. The number of para-hydroxylation sites is 2. The van der Waals surface area contributed by atoms with Gasteiger partial charge in [-0.2, -0.15) is 0 Å². The molecular weight excluding hydrogens is 210 g/mol. The first kappa shape index (κ1) is 12.0. The largest absolute Gasteiger partial charge is 0.331 e. The predicted octanol–water partition coefficient (Wildman–Crippen LogP) is 1.89. The Kier molecular flexibility index (Phi) is 4.12. The second-order valence-corrected chi connectivity index (χ2v) is 3.47. The first-order valence-electron chi connectivity index (χ1n) is 4.93. The molecule has 4 heteroatoms. The average Bonchev–Trinajstić information content (AvgIpc) is 2.54. The van der Waals surface area contributed by atoms with E-state index in [1.807, 2.05) is 18.2 Å². The molecule has 3 nitrogen and oxygen atoms in total. The minimum absolute atomic E-state index is 0. The van der Waals surface area contributed by atoms with E-state index in [0.717, 1.165) is 30.7 Å². The van der Waals surface area contributed by atoms with E-state index in [1.54, 1.807) is 0 Å². The molecule has 0 aliphatic heterocycles. The number of imidazole rings is 1. The van der Waals surface area contributed by atoms with Gasteiger partial charge in [0.2, 0.25) is 0 Å². The number of halogens is 1. The van der Waals surface area contributed by atoms with Gasteiger partial charge in [0.15, 0.2) is 0 Å². The van der Waals surface area contributed by atoms with Gasteiger partial charge in [-0.05, 0) is 25.1 Å². The van der Waals surface area contributed by atoms with Crippen LogP contribution in [0.5, 0.6) is 0 Å². The van der Waals surface area contributed by atoms with Crippen molar-refractivity contribution in [1.82, 2.24) is 9.55 Å². The Labute approximate surface area is 95.7 Å². The van der Waals surface area contributed by atoms with Gasteiger partial charge < -0.3 is 10.3 Å². The van der Waals surface area contributed by atoms with Crippen LogP contribution in [0.2, 0.25) is 0 Å². The quantitative estimate of drug-likeness (QED) is 0.867. The van der Waals surface area contributed by atoms with Gasteiger partial charge >= 0.3 is 0 Å². The molecule has 15 heavy (non-hydrogen) atoms. The lowest BCUT2D eigenvalue weighted by molar-refractivity contribution is 0.741. The van der Waals surface area contributed by atoms with Crippen LogP contribution in [0, 0.1) is 0 Å². The smallest absolute Gasteiger partial charge is 0.109 e. The molecule has 0 amide bonds. The van der Waals surface area contributed by atoms with Crippen molar-refractivity contribution in [3.05, 3.63) is 30.1 Å². The summed E-state index contributed by atoms with van der Waals surface area (Å²) in [5, 5.41) is 0. The highest BCUT2D eigenvalue weighted by atomic mass is 35.5. The Morgan fingerprint density at radius 2 is 2.07 bits per heavy atom. The molecule has 1 aromatic carbocycles. The molecule has 0 bridgehead atoms. The lowest BCUT2D eigenvalue weighted by atomic mass is 10.3. The summed E-state index contributed by atoms with van der Waals surface area (Å²) in [5.41, 5.74) is 7.75. The number of nitrogens with zero attached hydrogens (tertiary/aromatic N) is 2. The number of fused-ring (bicyclic) bond motifs is 1. The number of aryl methyl sites for hydroxylation is 2. The van der Waals surface area contributed by atoms with E-state index in [9.17, 15) is 0 Å². The van der Waals surface area contributed by atoms with Crippen molar-refractivity contribution in [2.24, 2.45) is 12.8 Å². The number of rotatable bonds is 3. The van der Waals surface area contributed by atoms with Crippen LogP contribution in [0.4, 0.5) is 0 Å². The molecule has 0 aliphatic rings. The molecule has 2 N–H and O–H groups in total. The van der Waals surface area contributed by atoms with Gasteiger partial charge in [-0.25, -0.2) is 4.98 Å². The number of nitrogens with two attached hydrogens (primary N) is 1. The highest BCUT2D eigenvalue weighted by Gasteiger charge is 2.05. The molecule has 0 radical (unpaired) electrons. The molecule has 2 aromatic rings. The van der Waals surface area contributed by atoms with E-state index < -0.39 is 0 Å². The fourth-order valence-electron chi connectivity index (χ4n) is 1.68. The molecule has 1 aromatic heterocycles. The molecule has 82 valence electrons. The maximum atomic E-state index is 5.48. The minimum Gasteiger partial charge on any atom is -0.331 e. The molecule has 0 spiro atoms. The Bertz CT molecular complexity index is 436. The van der Waals surface area contributed by atoms with E-state index in [2.05, 4.69) is 22.7 Å². The maximum Gasteiger partial charge on any atom is 0.109 e. The monoisotopic (exact) mass is 225 g/mol. The van der Waals surface area contributed by atoms with Crippen molar-refractivity contribution in [2.75, 3.05) is 6.54 Å². The van der Waals surface area contributed by atoms with Crippen molar-refractivity contribution in [1.29, 1.82) is 0 Å². The third kappa shape index (κ3) is 2.30. The van der Waals surface area contributed by atoms with E-state index in [0.29, 0.717) is 0 Å². The van der Waals surface area contributed by atoms with Crippen LogP contribution in [0.3, 0.4) is 0 Å². The van der Waals surface area contributed by atoms with Gasteiger partial charge in [-0.15, -0.1) is 12.4 Å². The lowest BCUT2D eigenvalue weighted by Gasteiger charge is -2.00. The third-order valence-corrected chi connectivity index (χ3v) is 2.48. The third-order valence-electron chi connectivity index (χ3n) is 2.48. The van der Waals surface area contributed by atoms with Crippen molar-refractivity contribution in [3.8, 4) is 0 Å². The van der Waals surface area contributed by atoms with Crippen molar-refractivity contribution in [2.45, 2.75) is 12.8 Å². The Morgan fingerprint density at radius 1 is 1.33 bits per heavy atom. The van der Waals surface area contributed by atoms with Crippen LogP contribution in [0.25, 0.3) is 11.0 Å². The number of hydrogen-bond acceptors (Lipinski definition) is 2. The summed E-state index contributed by atoms with van der Waals surface area (Å²) < 4.78 is 2.14. The fourth-order valence-corrected chi connectivity index (χ4v) is 1.68. The van der Waals surface area contributed by atoms with Gasteiger partial charge in [-0.3, -0.25) is 0 Å². The molecule has 0 saturated heterocycles. The van der Waals surface area contributed by atoms with Crippen LogP contribution in [0.1, 0.15) is 12.2 Å². The summed E-state index contributed by atoms with van der Waals surface area (Å²) in [6.07, 6.45) is 1.96. The molecular formula is C11H16ClN3. The first-order chi connectivity index (χ1) is 6.83. The molecule has 0 aliphatic carbocycles. The Morgan fingerprint density at radius 3 is 2.73 bits per heavy atom. The highest BCUT2D eigenvalue weighted by Crippen LogP contribution is 2.14. The van der Waals surface area contributed by atoms with Crippen molar-refractivity contribution < 1.29 is 0 Å². The summed E-state index contributed by atoms with van der Waals surface area (Å²) in [4.78, 5) is 4.56. The SMILES string of the molecule is Cl.Cn1c(CCCN)nc2ccccc21. The second kappa shape index (κ2) is 5.14. The molecule has 0 unspecified atom stereocenters. The molecule has 0 atom stereocenters. The van der Waals surface area contributed by atoms with Crippen LogP contribution >= 0.6 is 12.4 Å². The Balaban J connectivity index is 0.00000112. The number of hydrogen-bond donors (Lipinski definition) is 1. The zero-order valence-corrected chi connectivity index (χ0v) is 9.63.